The molecule has 28 heavy (non-hydrogen) atoms. The summed E-state index contributed by atoms with van der Waals surface area (Å²) in [6, 6.07) is 12.3. The van der Waals surface area contributed by atoms with Gasteiger partial charge in [-0.1, -0.05) is 30.3 Å². The zero-order chi connectivity index (χ0) is 19.6. The SMILES string of the molecule is CC1(C)OC(=CC=Nc2sc3c(c2C#N)CCCC3)C=C(c2ccccc2)O1. The number of nitrogens with zero attached hydrogens (tertiary/aromatic N) is 2. The van der Waals surface area contributed by atoms with Crippen molar-refractivity contribution in [3.63, 3.8) is 0 Å². The van der Waals surface area contributed by atoms with E-state index in [1.165, 1.54) is 16.9 Å². The minimum atomic E-state index is -0.764. The summed E-state index contributed by atoms with van der Waals surface area (Å²) in [4.78, 5) is 5.88. The quantitative estimate of drug-likeness (QED) is 0.612. The summed E-state index contributed by atoms with van der Waals surface area (Å²) >= 11 is 1.64. The molecule has 0 fully saturated rings. The fraction of sp³-hybridized carbons (Fsp3) is 0.304. The van der Waals surface area contributed by atoms with Crippen molar-refractivity contribution in [1.82, 2.24) is 0 Å². The molecule has 142 valence electrons. The maximum atomic E-state index is 9.56. The first kappa shape index (κ1) is 18.5. The van der Waals surface area contributed by atoms with Crippen LogP contribution in [0.1, 0.15) is 48.3 Å². The van der Waals surface area contributed by atoms with Crippen molar-refractivity contribution < 1.29 is 9.47 Å². The fourth-order valence-electron chi connectivity index (χ4n) is 3.52. The highest BCUT2D eigenvalue weighted by molar-refractivity contribution is 7.16. The average molecular weight is 391 g/mol. The first-order chi connectivity index (χ1) is 13.6. The second kappa shape index (κ2) is 7.65. The van der Waals surface area contributed by atoms with Crippen LogP contribution in [-0.2, 0) is 22.3 Å². The van der Waals surface area contributed by atoms with E-state index in [4.69, 9.17) is 9.47 Å². The normalized spacial score (nSPS) is 19.5. The van der Waals surface area contributed by atoms with Gasteiger partial charge in [0.1, 0.15) is 22.6 Å². The third-order valence-electron chi connectivity index (χ3n) is 4.75. The Morgan fingerprint density at radius 1 is 1.14 bits per heavy atom. The van der Waals surface area contributed by atoms with Crippen molar-refractivity contribution >= 4 is 28.3 Å². The molecular weight excluding hydrogens is 368 g/mol. The maximum absolute atomic E-state index is 9.56. The number of allylic oxidation sites excluding steroid dienone is 2. The molecule has 2 aliphatic rings. The van der Waals surface area contributed by atoms with Crippen LogP contribution in [0.2, 0.25) is 0 Å². The summed E-state index contributed by atoms with van der Waals surface area (Å²) in [6.07, 6.45) is 9.81. The van der Waals surface area contributed by atoms with Gasteiger partial charge in [-0.05, 0) is 37.3 Å². The van der Waals surface area contributed by atoms with Crippen LogP contribution in [0.4, 0.5) is 5.00 Å². The molecule has 1 aromatic heterocycles. The summed E-state index contributed by atoms with van der Waals surface area (Å²) in [7, 11) is 0. The highest BCUT2D eigenvalue weighted by Gasteiger charge is 2.28. The van der Waals surface area contributed by atoms with Gasteiger partial charge in [0.05, 0.1) is 5.56 Å². The molecule has 2 heterocycles. The predicted molar refractivity (Wildman–Crippen MR) is 113 cm³/mol. The predicted octanol–water partition coefficient (Wildman–Crippen LogP) is 5.91. The van der Waals surface area contributed by atoms with Gasteiger partial charge >= 0.3 is 0 Å². The molecule has 0 spiro atoms. The van der Waals surface area contributed by atoms with Gasteiger partial charge in [-0.2, -0.15) is 5.26 Å². The first-order valence-electron chi connectivity index (χ1n) is 9.50. The van der Waals surface area contributed by atoms with Crippen molar-refractivity contribution in [2.75, 3.05) is 0 Å². The smallest absolute Gasteiger partial charge is 0.245 e. The molecule has 5 heteroatoms. The largest absolute Gasteiger partial charge is 0.453 e. The molecule has 0 N–H and O–H groups in total. The lowest BCUT2D eigenvalue weighted by Gasteiger charge is -2.33. The second-order valence-corrected chi connectivity index (χ2v) is 8.41. The first-order valence-corrected chi connectivity index (χ1v) is 10.3. The van der Waals surface area contributed by atoms with Crippen LogP contribution in [-0.4, -0.2) is 12.0 Å². The zero-order valence-electron chi connectivity index (χ0n) is 16.1. The fourth-order valence-corrected chi connectivity index (χ4v) is 4.71. The van der Waals surface area contributed by atoms with Crippen molar-refractivity contribution in [3.8, 4) is 6.07 Å². The van der Waals surface area contributed by atoms with Crippen LogP contribution >= 0.6 is 11.3 Å². The number of ether oxygens (including phenoxy) is 2. The van der Waals surface area contributed by atoms with Crippen LogP contribution in [0.5, 0.6) is 0 Å². The molecule has 0 atom stereocenters. The van der Waals surface area contributed by atoms with E-state index in [2.05, 4.69) is 11.1 Å². The lowest BCUT2D eigenvalue weighted by Crippen LogP contribution is -2.30. The van der Waals surface area contributed by atoms with E-state index in [1.807, 2.05) is 56.3 Å². The molecular formula is C23H22N2O2S. The Morgan fingerprint density at radius 2 is 1.93 bits per heavy atom. The van der Waals surface area contributed by atoms with Gasteiger partial charge < -0.3 is 9.47 Å². The number of hydrogen-bond acceptors (Lipinski definition) is 5. The molecule has 2 aromatic rings. The third-order valence-corrected chi connectivity index (χ3v) is 5.95. The average Bonchev–Trinajstić information content (AvgIpc) is 3.05. The number of nitriles is 1. The minimum absolute atomic E-state index is 0.679. The molecule has 1 aliphatic heterocycles. The molecule has 0 saturated heterocycles. The molecule has 1 aromatic carbocycles. The number of benzene rings is 1. The molecule has 4 rings (SSSR count). The Balaban J connectivity index is 1.62. The monoisotopic (exact) mass is 390 g/mol. The van der Waals surface area contributed by atoms with Gasteiger partial charge in [-0.3, -0.25) is 0 Å². The molecule has 0 bridgehead atoms. The third kappa shape index (κ3) is 3.88. The zero-order valence-corrected chi connectivity index (χ0v) is 16.9. The van der Waals surface area contributed by atoms with Crippen molar-refractivity contribution in [3.05, 3.63) is 69.8 Å². The van der Waals surface area contributed by atoms with E-state index in [9.17, 15) is 5.26 Å². The number of hydrogen-bond donors (Lipinski definition) is 0. The Bertz CT molecular complexity index is 1010. The minimum Gasteiger partial charge on any atom is -0.453 e. The molecule has 0 radical (unpaired) electrons. The Hall–Kier alpha value is -2.84. The Kier molecular flexibility index (Phi) is 5.06. The summed E-state index contributed by atoms with van der Waals surface area (Å²) in [6.45, 7) is 3.77. The summed E-state index contributed by atoms with van der Waals surface area (Å²) < 4.78 is 11.9. The van der Waals surface area contributed by atoms with E-state index in [-0.39, 0.29) is 0 Å². The van der Waals surface area contributed by atoms with Crippen LogP contribution in [0.3, 0.4) is 0 Å². The number of aliphatic imine (C=N–C) groups is 1. The van der Waals surface area contributed by atoms with Crippen LogP contribution in [0, 0.1) is 11.3 Å². The van der Waals surface area contributed by atoms with Crippen molar-refractivity contribution in [2.45, 2.75) is 45.3 Å². The summed E-state index contributed by atoms with van der Waals surface area (Å²) in [5, 5.41) is 10.4. The van der Waals surface area contributed by atoms with Gasteiger partial charge in [-0.15, -0.1) is 11.3 Å². The van der Waals surface area contributed by atoms with E-state index in [1.54, 1.807) is 17.6 Å². The van der Waals surface area contributed by atoms with Gasteiger partial charge in [0.2, 0.25) is 5.79 Å². The lowest BCUT2D eigenvalue weighted by atomic mass is 9.96. The highest BCUT2D eigenvalue weighted by Crippen LogP contribution is 2.39. The van der Waals surface area contributed by atoms with E-state index in [0.29, 0.717) is 5.76 Å². The highest BCUT2D eigenvalue weighted by atomic mass is 32.1. The van der Waals surface area contributed by atoms with Crippen LogP contribution in [0.25, 0.3) is 5.76 Å². The van der Waals surface area contributed by atoms with Crippen molar-refractivity contribution in [2.24, 2.45) is 4.99 Å². The number of rotatable bonds is 3. The van der Waals surface area contributed by atoms with Crippen molar-refractivity contribution in [1.29, 1.82) is 5.26 Å². The Labute approximate surface area is 169 Å². The molecule has 1 aliphatic carbocycles. The van der Waals surface area contributed by atoms with E-state index in [0.717, 1.165) is 41.1 Å². The summed E-state index contributed by atoms with van der Waals surface area (Å²) in [5.74, 6) is 0.680. The summed E-state index contributed by atoms with van der Waals surface area (Å²) in [5.41, 5.74) is 2.94. The molecule has 4 nitrogen and oxygen atoms in total. The van der Waals surface area contributed by atoms with Gasteiger partial charge in [-0.25, -0.2) is 4.99 Å². The maximum Gasteiger partial charge on any atom is 0.245 e. The second-order valence-electron chi connectivity index (χ2n) is 7.33. The van der Waals surface area contributed by atoms with Crippen LogP contribution < -0.4 is 0 Å². The number of thiophene rings is 1. The van der Waals surface area contributed by atoms with E-state index >= 15 is 0 Å². The topological polar surface area (TPSA) is 54.6 Å². The van der Waals surface area contributed by atoms with Gasteiger partial charge in [0.15, 0.2) is 0 Å². The number of aryl methyl sites for hydroxylation is 1. The van der Waals surface area contributed by atoms with Gasteiger partial charge in [0.25, 0.3) is 0 Å². The molecule has 0 amide bonds. The standard InChI is InChI=1S/C23H22N2O2S/c1-23(2)26-17(14-20(27-23)16-8-4-3-5-9-16)12-13-25-22-19(15-24)18-10-6-7-11-21(18)28-22/h3-5,8-9,12-14H,6-7,10-11H2,1-2H3. The molecule has 0 unspecified atom stereocenters. The Morgan fingerprint density at radius 3 is 2.71 bits per heavy atom. The number of fused-ring (bicyclic) bond motifs is 1. The lowest BCUT2D eigenvalue weighted by molar-refractivity contribution is -0.149. The molecule has 0 saturated carbocycles. The van der Waals surface area contributed by atoms with Gasteiger partial charge in [0, 0.05) is 36.6 Å². The van der Waals surface area contributed by atoms with E-state index < -0.39 is 5.79 Å². The van der Waals surface area contributed by atoms with Crippen LogP contribution in [0.15, 0.2) is 53.2 Å².